The zero-order valence-electron chi connectivity index (χ0n) is 15.7. The molecule has 0 radical (unpaired) electrons. The summed E-state index contributed by atoms with van der Waals surface area (Å²) in [4.78, 5) is 29.1. The maximum absolute atomic E-state index is 13.0. The molecule has 1 amide bonds. The molecule has 0 saturated carbocycles. The Balaban J connectivity index is 1.97. The molecular formula is C19H17F3N4O2S. The van der Waals surface area contributed by atoms with Crippen molar-refractivity contribution in [1.82, 2.24) is 14.8 Å². The maximum Gasteiger partial charge on any atom is 0.416 e. The third-order valence-corrected chi connectivity index (χ3v) is 4.85. The summed E-state index contributed by atoms with van der Waals surface area (Å²) in [5.41, 5.74) is -0.753. The second-order valence-corrected chi connectivity index (χ2v) is 7.50. The Morgan fingerprint density at radius 2 is 1.97 bits per heavy atom. The minimum absolute atomic E-state index is 0.0858. The molecule has 1 aromatic carbocycles. The van der Waals surface area contributed by atoms with Gasteiger partial charge in [0.1, 0.15) is 0 Å². The van der Waals surface area contributed by atoms with Crippen LogP contribution < -0.4 is 10.7 Å². The fourth-order valence-corrected chi connectivity index (χ4v) is 3.41. The van der Waals surface area contributed by atoms with Crippen LogP contribution in [-0.4, -0.2) is 20.7 Å². The van der Waals surface area contributed by atoms with Gasteiger partial charge in [0.25, 0.3) is 5.91 Å². The summed E-state index contributed by atoms with van der Waals surface area (Å²) in [6.07, 6.45) is -4.53. The summed E-state index contributed by atoms with van der Waals surface area (Å²) in [6, 6.07) is 5.65. The second-order valence-electron chi connectivity index (χ2n) is 6.64. The van der Waals surface area contributed by atoms with Crippen molar-refractivity contribution in [3.63, 3.8) is 0 Å². The topological polar surface area (TPSA) is 76.9 Å². The molecule has 29 heavy (non-hydrogen) atoms. The van der Waals surface area contributed by atoms with Gasteiger partial charge in [-0.2, -0.15) is 18.3 Å². The minimum Gasteiger partial charge on any atom is -0.296 e. The van der Waals surface area contributed by atoms with E-state index in [2.05, 4.69) is 15.4 Å². The molecular weight excluding hydrogens is 405 g/mol. The lowest BCUT2D eigenvalue weighted by molar-refractivity contribution is -0.137. The van der Waals surface area contributed by atoms with Crippen LogP contribution in [0, 0.1) is 6.92 Å². The molecule has 0 aliphatic rings. The fourth-order valence-electron chi connectivity index (χ4n) is 2.55. The number of alkyl halides is 3. The largest absolute Gasteiger partial charge is 0.416 e. The van der Waals surface area contributed by atoms with Crippen LogP contribution in [0.25, 0.3) is 5.69 Å². The Bertz CT molecular complexity index is 1120. The molecule has 0 saturated heterocycles. The SMILES string of the molecule is Cc1cc(=O)c(C(=O)Nc2nc(C(C)C)cs2)nn1-c1cccc(C(F)(F)F)c1. The molecule has 3 aromatic rings. The van der Waals surface area contributed by atoms with E-state index < -0.39 is 28.8 Å². The lowest BCUT2D eigenvalue weighted by Crippen LogP contribution is -2.27. The Kier molecular flexibility index (Phi) is 5.56. The summed E-state index contributed by atoms with van der Waals surface area (Å²) >= 11 is 1.21. The molecule has 0 unspecified atom stereocenters. The van der Waals surface area contributed by atoms with Gasteiger partial charge in [0.05, 0.1) is 16.9 Å². The van der Waals surface area contributed by atoms with Gasteiger partial charge >= 0.3 is 6.18 Å². The van der Waals surface area contributed by atoms with Gasteiger partial charge in [0.15, 0.2) is 10.8 Å². The van der Waals surface area contributed by atoms with Crippen molar-refractivity contribution in [1.29, 1.82) is 0 Å². The number of halogens is 3. The molecule has 0 aliphatic carbocycles. The predicted octanol–water partition coefficient (Wildman–Crippen LogP) is 4.39. The highest BCUT2D eigenvalue weighted by molar-refractivity contribution is 7.14. The van der Waals surface area contributed by atoms with Crippen molar-refractivity contribution in [3.05, 3.63) is 68.6 Å². The molecule has 0 atom stereocenters. The Morgan fingerprint density at radius 1 is 1.24 bits per heavy atom. The summed E-state index contributed by atoms with van der Waals surface area (Å²) in [5.74, 6) is -0.604. The summed E-state index contributed by atoms with van der Waals surface area (Å²) < 4.78 is 40.2. The van der Waals surface area contributed by atoms with Gasteiger partial charge in [-0.25, -0.2) is 9.67 Å². The third kappa shape index (κ3) is 4.53. The lowest BCUT2D eigenvalue weighted by atomic mass is 10.2. The van der Waals surface area contributed by atoms with Gasteiger partial charge < -0.3 is 0 Å². The first-order valence-corrected chi connectivity index (χ1v) is 9.49. The number of anilines is 1. The van der Waals surface area contributed by atoms with E-state index in [0.29, 0.717) is 10.8 Å². The number of carbonyl (C=O) groups is 1. The first-order valence-electron chi connectivity index (χ1n) is 8.61. The number of aromatic nitrogens is 3. The quantitative estimate of drug-likeness (QED) is 0.677. The maximum atomic E-state index is 13.0. The fraction of sp³-hybridized carbons (Fsp3) is 0.263. The van der Waals surface area contributed by atoms with Crippen LogP contribution >= 0.6 is 11.3 Å². The molecule has 1 N–H and O–H groups in total. The first kappa shape index (κ1) is 20.7. The number of carbonyl (C=O) groups excluding carboxylic acids is 1. The monoisotopic (exact) mass is 422 g/mol. The Morgan fingerprint density at radius 3 is 2.59 bits per heavy atom. The van der Waals surface area contributed by atoms with E-state index in [1.54, 1.807) is 5.38 Å². The number of rotatable bonds is 4. The Hall–Kier alpha value is -3.01. The van der Waals surface area contributed by atoms with Crippen LogP contribution in [0.15, 0.2) is 40.5 Å². The zero-order valence-corrected chi connectivity index (χ0v) is 16.6. The van der Waals surface area contributed by atoms with E-state index in [9.17, 15) is 22.8 Å². The van der Waals surface area contributed by atoms with E-state index in [0.717, 1.165) is 28.6 Å². The first-order chi connectivity index (χ1) is 13.6. The average molecular weight is 422 g/mol. The van der Waals surface area contributed by atoms with Gasteiger partial charge in [-0.05, 0) is 31.0 Å². The summed E-state index contributed by atoms with van der Waals surface area (Å²) in [5, 5.41) is 8.63. The van der Waals surface area contributed by atoms with E-state index in [1.165, 1.54) is 30.4 Å². The minimum atomic E-state index is -4.53. The zero-order chi connectivity index (χ0) is 21.3. The molecule has 0 bridgehead atoms. The molecule has 0 aliphatic heterocycles. The van der Waals surface area contributed by atoms with Crippen molar-refractivity contribution in [2.45, 2.75) is 32.9 Å². The highest BCUT2D eigenvalue weighted by Crippen LogP contribution is 2.30. The number of aryl methyl sites for hydroxylation is 1. The standard InChI is InChI=1S/C19H17F3N4O2S/c1-10(2)14-9-29-18(23-14)24-17(28)16-15(27)7-11(3)26(25-16)13-6-4-5-12(8-13)19(20,21)22/h4-10H,1-3H3,(H,23,24,28). The van der Waals surface area contributed by atoms with Gasteiger partial charge in [0.2, 0.25) is 5.43 Å². The molecule has 2 aromatic heterocycles. The molecule has 3 rings (SSSR count). The van der Waals surface area contributed by atoms with Crippen molar-refractivity contribution < 1.29 is 18.0 Å². The smallest absolute Gasteiger partial charge is 0.296 e. The number of hydrogen-bond acceptors (Lipinski definition) is 5. The van der Waals surface area contributed by atoms with Crippen LogP contribution in [0.3, 0.4) is 0 Å². The van der Waals surface area contributed by atoms with E-state index in [4.69, 9.17) is 0 Å². The van der Waals surface area contributed by atoms with Crippen LogP contribution in [0.5, 0.6) is 0 Å². The van der Waals surface area contributed by atoms with Crippen LogP contribution in [0.4, 0.5) is 18.3 Å². The summed E-state index contributed by atoms with van der Waals surface area (Å²) in [6.45, 7) is 5.43. The van der Waals surface area contributed by atoms with Crippen molar-refractivity contribution in [3.8, 4) is 5.69 Å². The summed E-state index contributed by atoms with van der Waals surface area (Å²) in [7, 11) is 0. The number of benzene rings is 1. The number of thiazole rings is 1. The van der Waals surface area contributed by atoms with E-state index in [-0.39, 0.29) is 11.6 Å². The molecule has 10 heteroatoms. The van der Waals surface area contributed by atoms with Crippen LogP contribution in [-0.2, 0) is 6.18 Å². The second kappa shape index (κ2) is 7.78. The molecule has 0 fully saturated rings. The number of nitrogens with zero attached hydrogens (tertiary/aromatic N) is 3. The molecule has 0 spiro atoms. The van der Waals surface area contributed by atoms with Crippen LogP contribution in [0.1, 0.15) is 47.2 Å². The van der Waals surface area contributed by atoms with Gasteiger partial charge in [0, 0.05) is 17.1 Å². The number of amides is 1. The number of nitrogens with one attached hydrogen (secondary N) is 1. The molecule has 152 valence electrons. The van der Waals surface area contributed by atoms with Crippen molar-refractivity contribution >= 4 is 22.4 Å². The predicted molar refractivity (Wildman–Crippen MR) is 104 cm³/mol. The lowest BCUT2D eigenvalue weighted by Gasteiger charge is -2.13. The Labute approximate surface area is 168 Å². The van der Waals surface area contributed by atoms with Gasteiger partial charge in [-0.15, -0.1) is 11.3 Å². The number of hydrogen-bond donors (Lipinski definition) is 1. The third-order valence-electron chi connectivity index (χ3n) is 4.07. The van der Waals surface area contributed by atoms with Gasteiger partial charge in [-0.1, -0.05) is 19.9 Å². The van der Waals surface area contributed by atoms with Gasteiger partial charge in [-0.3, -0.25) is 14.9 Å². The highest BCUT2D eigenvalue weighted by atomic mass is 32.1. The van der Waals surface area contributed by atoms with Crippen molar-refractivity contribution in [2.24, 2.45) is 0 Å². The highest BCUT2D eigenvalue weighted by Gasteiger charge is 2.30. The van der Waals surface area contributed by atoms with Crippen molar-refractivity contribution in [2.75, 3.05) is 5.32 Å². The average Bonchev–Trinajstić information content (AvgIpc) is 3.10. The van der Waals surface area contributed by atoms with E-state index in [1.807, 2.05) is 13.8 Å². The van der Waals surface area contributed by atoms with Crippen LogP contribution in [0.2, 0.25) is 0 Å². The normalized spacial score (nSPS) is 11.7. The van der Waals surface area contributed by atoms with E-state index >= 15 is 0 Å². The molecule has 6 nitrogen and oxygen atoms in total. The molecule has 2 heterocycles.